The van der Waals surface area contributed by atoms with Crippen molar-refractivity contribution in [2.75, 3.05) is 11.4 Å². The maximum Gasteiger partial charge on any atom is 0.200 e. The molecule has 0 saturated heterocycles. The number of pyridine rings is 1. The fraction of sp³-hybridized carbons (Fsp3) is 0.167. The van der Waals surface area contributed by atoms with Crippen molar-refractivity contribution in [1.82, 2.24) is 15.0 Å². The number of anilines is 1. The number of hydrogen-bond donors (Lipinski definition) is 1. The molecule has 0 fully saturated rings. The van der Waals surface area contributed by atoms with Gasteiger partial charge in [-0.15, -0.1) is 0 Å². The quantitative estimate of drug-likeness (QED) is 0.777. The van der Waals surface area contributed by atoms with E-state index in [0.717, 1.165) is 17.3 Å². The second kappa shape index (κ2) is 6.08. The number of aromatic hydroxyl groups is 1. The van der Waals surface area contributed by atoms with Crippen LogP contribution in [-0.4, -0.2) is 26.6 Å². The lowest BCUT2D eigenvalue weighted by Gasteiger charge is -2.30. The molecule has 1 aliphatic rings. The van der Waals surface area contributed by atoms with Crippen LogP contribution >= 0.6 is 0 Å². The zero-order valence-electron chi connectivity index (χ0n) is 13.2. The van der Waals surface area contributed by atoms with Crippen molar-refractivity contribution in [2.24, 2.45) is 0 Å². The van der Waals surface area contributed by atoms with Gasteiger partial charge in [0.2, 0.25) is 0 Å². The van der Waals surface area contributed by atoms with Crippen molar-refractivity contribution in [3.8, 4) is 17.3 Å². The van der Waals surface area contributed by atoms with E-state index in [2.05, 4.69) is 15.0 Å². The molecule has 4 rings (SSSR count). The van der Waals surface area contributed by atoms with Crippen LogP contribution in [0.25, 0.3) is 11.5 Å². The van der Waals surface area contributed by atoms with E-state index >= 15 is 0 Å². The van der Waals surface area contributed by atoms with Crippen molar-refractivity contribution in [3.63, 3.8) is 0 Å². The van der Waals surface area contributed by atoms with Crippen LogP contribution in [0, 0.1) is 11.6 Å². The Morgan fingerprint density at radius 1 is 1.12 bits per heavy atom. The number of phenolic OH excluding ortho intramolecular Hbond substituents is 1. The predicted molar refractivity (Wildman–Crippen MR) is 88.0 cm³/mol. The van der Waals surface area contributed by atoms with Gasteiger partial charge < -0.3 is 10.0 Å². The molecule has 7 heteroatoms. The summed E-state index contributed by atoms with van der Waals surface area (Å²) in [7, 11) is 0. The lowest BCUT2D eigenvalue weighted by Crippen LogP contribution is -2.31. The van der Waals surface area contributed by atoms with Gasteiger partial charge >= 0.3 is 0 Å². The summed E-state index contributed by atoms with van der Waals surface area (Å²) in [5.41, 5.74) is 2.96. The molecule has 2 aromatic heterocycles. The molecule has 0 bridgehead atoms. The Bertz CT molecular complexity index is 911. The molecule has 0 saturated carbocycles. The zero-order valence-corrected chi connectivity index (χ0v) is 13.2. The van der Waals surface area contributed by atoms with Gasteiger partial charge in [0.25, 0.3) is 0 Å². The highest BCUT2D eigenvalue weighted by molar-refractivity contribution is 5.54. The lowest BCUT2D eigenvalue weighted by molar-refractivity contribution is 0.407. The molecule has 1 aromatic carbocycles. The van der Waals surface area contributed by atoms with Gasteiger partial charge in [-0.3, -0.25) is 4.98 Å². The van der Waals surface area contributed by atoms with Crippen molar-refractivity contribution < 1.29 is 13.9 Å². The molecule has 25 heavy (non-hydrogen) atoms. The van der Waals surface area contributed by atoms with Crippen LogP contribution in [0.15, 0.2) is 42.7 Å². The molecular formula is C18H14F2N4O. The van der Waals surface area contributed by atoms with Gasteiger partial charge in [0.05, 0.1) is 5.69 Å². The van der Waals surface area contributed by atoms with Gasteiger partial charge in [0, 0.05) is 55.3 Å². The maximum absolute atomic E-state index is 13.5. The molecule has 126 valence electrons. The Labute approximate surface area is 142 Å². The lowest BCUT2D eigenvalue weighted by atomic mass is 10.1. The second-order valence-electron chi connectivity index (χ2n) is 5.81. The topological polar surface area (TPSA) is 62.1 Å². The Hall–Kier alpha value is -3.09. The monoisotopic (exact) mass is 340 g/mol. The normalized spacial score (nSPS) is 13.6. The zero-order chi connectivity index (χ0) is 17.4. The highest BCUT2D eigenvalue weighted by atomic mass is 19.2. The Kier molecular flexibility index (Phi) is 3.76. The molecule has 1 aliphatic heterocycles. The number of phenols is 1. The SMILES string of the molecule is Oc1cc(N2CCc3nc(-c4ccccn4)ncc3C2)cc(F)c1F. The predicted octanol–water partition coefficient (Wildman–Crippen LogP) is 3.09. The average molecular weight is 340 g/mol. The maximum atomic E-state index is 13.5. The first-order valence-electron chi connectivity index (χ1n) is 7.81. The summed E-state index contributed by atoms with van der Waals surface area (Å²) >= 11 is 0. The largest absolute Gasteiger partial charge is 0.505 e. The van der Waals surface area contributed by atoms with E-state index in [4.69, 9.17) is 0 Å². The molecule has 0 atom stereocenters. The summed E-state index contributed by atoms with van der Waals surface area (Å²) in [4.78, 5) is 15.0. The highest BCUT2D eigenvalue weighted by Crippen LogP contribution is 2.30. The summed E-state index contributed by atoms with van der Waals surface area (Å²) < 4.78 is 26.8. The third-order valence-electron chi connectivity index (χ3n) is 4.19. The van der Waals surface area contributed by atoms with Crippen LogP contribution in [0.2, 0.25) is 0 Å². The fourth-order valence-corrected chi connectivity index (χ4v) is 2.90. The number of aromatic nitrogens is 3. The summed E-state index contributed by atoms with van der Waals surface area (Å²) in [6.45, 7) is 1.04. The minimum Gasteiger partial charge on any atom is -0.505 e. The van der Waals surface area contributed by atoms with E-state index in [1.807, 2.05) is 23.1 Å². The minimum absolute atomic E-state index is 0.427. The minimum atomic E-state index is -1.23. The van der Waals surface area contributed by atoms with Crippen LogP contribution < -0.4 is 4.90 Å². The molecule has 0 radical (unpaired) electrons. The number of rotatable bonds is 2. The molecule has 1 N–H and O–H groups in total. The van der Waals surface area contributed by atoms with Crippen LogP contribution in [0.1, 0.15) is 11.3 Å². The highest BCUT2D eigenvalue weighted by Gasteiger charge is 2.21. The Morgan fingerprint density at radius 3 is 2.76 bits per heavy atom. The third-order valence-corrected chi connectivity index (χ3v) is 4.19. The first-order valence-corrected chi connectivity index (χ1v) is 7.81. The first-order chi connectivity index (χ1) is 12.1. The third kappa shape index (κ3) is 2.88. The summed E-state index contributed by atoms with van der Waals surface area (Å²) in [5.74, 6) is -2.42. The van der Waals surface area contributed by atoms with Gasteiger partial charge in [0.1, 0.15) is 5.69 Å². The van der Waals surface area contributed by atoms with E-state index in [1.165, 1.54) is 6.07 Å². The van der Waals surface area contributed by atoms with Gasteiger partial charge in [-0.05, 0) is 12.1 Å². The van der Waals surface area contributed by atoms with Gasteiger partial charge in [-0.1, -0.05) is 6.07 Å². The average Bonchev–Trinajstić information content (AvgIpc) is 2.65. The smallest absolute Gasteiger partial charge is 0.200 e. The Morgan fingerprint density at radius 2 is 2.00 bits per heavy atom. The van der Waals surface area contributed by atoms with Crippen LogP contribution in [-0.2, 0) is 13.0 Å². The standard InChI is InChI=1S/C18H14F2N4O/c19-13-7-12(8-16(25)17(13)20)24-6-4-14-11(10-24)9-22-18(23-14)15-3-1-2-5-21-15/h1-3,5,7-9,25H,4,6,10H2. The van der Waals surface area contributed by atoms with Crippen molar-refractivity contribution in [3.05, 3.63) is 65.6 Å². The van der Waals surface area contributed by atoms with Crippen LogP contribution in [0.4, 0.5) is 14.5 Å². The van der Waals surface area contributed by atoms with Crippen molar-refractivity contribution in [2.45, 2.75) is 13.0 Å². The number of hydrogen-bond acceptors (Lipinski definition) is 5. The van der Waals surface area contributed by atoms with E-state index in [0.29, 0.717) is 36.7 Å². The van der Waals surface area contributed by atoms with Crippen LogP contribution in [0.5, 0.6) is 5.75 Å². The van der Waals surface area contributed by atoms with E-state index < -0.39 is 17.4 Å². The Balaban J connectivity index is 1.62. The number of benzene rings is 1. The van der Waals surface area contributed by atoms with Crippen LogP contribution in [0.3, 0.4) is 0 Å². The fourth-order valence-electron chi connectivity index (χ4n) is 2.90. The molecule has 3 heterocycles. The number of fused-ring (bicyclic) bond motifs is 1. The molecular weight excluding hydrogens is 326 g/mol. The van der Waals surface area contributed by atoms with Gasteiger partial charge in [-0.2, -0.15) is 4.39 Å². The summed E-state index contributed by atoms with van der Waals surface area (Å²) in [6, 6.07) is 7.87. The number of halogens is 2. The van der Waals surface area contributed by atoms with E-state index in [1.54, 1.807) is 12.4 Å². The summed E-state index contributed by atoms with van der Waals surface area (Å²) in [5, 5.41) is 9.50. The molecule has 0 unspecified atom stereocenters. The second-order valence-corrected chi connectivity index (χ2v) is 5.81. The molecule has 0 aliphatic carbocycles. The van der Waals surface area contributed by atoms with Crippen molar-refractivity contribution in [1.29, 1.82) is 0 Å². The van der Waals surface area contributed by atoms with E-state index in [-0.39, 0.29) is 0 Å². The van der Waals surface area contributed by atoms with Crippen molar-refractivity contribution >= 4 is 5.69 Å². The van der Waals surface area contributed by atoms with E-state index in [9.17, 15) is 13.9 Å². The van der Waals surface area contributed by atoms with Gasteiger partial charge in [-0.25, -0.2) is 14.4 Å². The number of nitrogens with zero attached hydrogens (tertiary/aromatic N) is 4. The molecule has 3 aromatic rings. The molecule has 0 spiro atoms. The van der Waals surface area contributed by atoms with Gasteiger partial charge in [0.15, 0.2) is 23.2 Å². The molecule has 5 nitrogen and oxygen atoms in total. The first kappa shape index (κ1) is 15.4. The summed E-state index contributed by atoms with van der Waals surface area (Å²) in [6.07, 6.45) is 4.06. The molecule has 0 amide bonds.